The van der Waals surface area contributed by atoms with Crippen molar-refractivity contribution in [1.29, 1.82) is 0 Å². The van der Waals surface area contributed by atoms with E-state index in [4.69, 9.17) is 5.73 Å². The molecule has 0 saturated carbocycles. The Kier molecular flexibility index (Phi) is 3.71. The molecule has 0 radical (unpaired) electrons. The molecule has 0 heterocycles. The quantitative estimate of drug-likeness (QED) is 0.738. The van der Waals surface area contributed by atoms with Crippen LogP contribution < -0.4 is 11.1 Å². The third-order valence-electron chi connectivity index (χ3n) is 2.84. The Bertz CT molecular complexity index is 589. The predicted octanol–water partition coefficient (Wildman–Crippen LogP) is 2.46. The summed E-state index contributed by atoms with van der Waals surface area (Å²) in [7, 11) is 0. The number of hydrogen-bond acceptors (Lipinski definition) is 3. The Hall–Kier alpha value is -2.49. The number of amides is 1. The molecule has 4 N–H and O–H groups in total. The number of nitrogens with one attached hydrogen (secondary N) is 1. The van der Waals surface area contributed by atoms with Crippen LogP contribution in [0.3, 0.4) is 0 Å². The minimum Gasteiger partial charge on any atom is -0.508 e. The summed E-state index contributed by atoms with van der Waals surface area (Å²) < 4.78 is 0. The number of anilines is 2. The molecule has 1 amide bonds. The highest BCUT2D eigenvalue weighted by atomic mass is 16.3. The van der Waals surface area contributed by atoms with Crippen molar-refractivity contribution >= 4 is 17.3 Å². The van der Waals surface area contributed by atoms with Crippen LogP contribution in [0.15, 0.2) is 42.5 Å². The molecule has 19 heavy (non-hydrogen) atoms. The summed E-state index contributed by atoms with van der Waals surface area (Å²) in [4.78, 5) is 11.9. The maximum absolute atomic E-state index is 11.9. The van der Waals surface area contributed by atoms with Crippen LogP contribution in [0.2, 0.25) is 0 Å². The van der Waals surface area contributed by atoms with Crippen molar-refractivity contribution in [3.05, 3.63) is 53.6 Å². The molecular formula is C15H16N2O2. The molecule has 2 aromatic rings. The average molecular weight is 256 g/mol. The lowest BCUT2D eigenvalue weighted by atomic mass is 10.1. The van der Waals surface area contributed by atoms with Crippen LogP contribution in [0, 0.1) is 6.92 Å². The standard InChI is InChI=1S/C15H16N2O2/c1-10-4-2-7-13(16)15(10)17-14(19)9-11-5-3-6-12(18)8-11/h2-8,18H,9,16H2,1H3,(H,17,19). The Morgan fingerprint density at radius 2 is 2.00 bits per heavy atom. The summed E-state index contributed by atoms with van der Waals surface area (Å²) in [5.74, 6) is -0.00712. The van der Waals surface area contributed by atoms with E-state index in [0.717, 1.165) is 11.1 Å². The van der Waals surface area contributed by atoms with E-state index in [2.05, 4.69) is 5.32 Å². The van der Waals surface area contributed by atoms with Gasteiger partial charge in [0.05, 0.1) is 17.8 Å². The van der Waals surface area contributed by atoms with Crippen LogP contribution >= 0.6 is 0 Å². The summed E-state index contributed by atoms with van der Waals surface area (Å²) in [6.45, 7) is 1.89. The lowest BCUT2D eigenvalue weighted by molar-refractivity contribution is -0.115. The van der Waals surface area contributed by atoms with Crippen LogP contribution in [0.1, 0.15) is 11.1 Å². The van der Waals surface area contributed by atoms with Gasteiger partial charge in [0.25, 0.3) is 0 Å². The van der Waals surface area contributed by atoms with Crippen molar-refractivity contribution in [2.45, 2.75) is 13.3 Å². The van der Waals surface area contributed by atoms with Gasteiger partial charge in [0.1, 0.15) is 5.75 Å². The minimum atomic E-state index is -0.161. The first-order valence-electron chi connectivity index (χ1n) is 5.99. The summed E-state index contributed by atoms with van der Waals surface area (Å²) >= 11 is 0. The van der Waals surface area contributed by atoms with E-state index in [1.165, 1.54) is 0 Å². The second kappa shape index (κ2) is 5.44. The van der Waals surface area contributed by atoms with Gasteiger partial charge in [0.15, 0.2) is 0 Å². The number of nitrogens with two attached hydrogens (primary N) is 1. The maximum atomic E-state index is 11.9. The zero-order valence-corrected chi connectivity index (χ0v) is 10.7. The molecule has 0 fully saturated rings. The second-order valence-corrected chi connectivity index (χ2v) is 4.43. The van der Waals surface area contributed by atoms with Crippen molar-refractivity contribution in [3.63, 3.8) is 0 Å². The van der Waals surface area contributed by atoms with Crippen LogP contribution in [0.4, 0.5) is 11.4 Å². The zero-order chi connectivity index (χ0) is 13.8. The highest BCUT2D eigenvalue weighted by Crippen LogP contribution is 2.22. The Morgan fingerprint density at radius 3 is 2.68 bits per heavy atom. The zero-order valence-electron chi connectivity index (χ0n) is 10.7. The fourth-order valence-corrected chi connectivity index (χ4v) is 1.90. The first kappa shape index (κ1) is 13.0. The van der Waals surface area contributed by atoms with Gasteiger partial charge >= 0.3 is 0 Å². The summed E-state index contributed by atoms with van der Waals surface area (Å²) in [6.07, 6.45) is 0.197. The van der Waals surface area contributed by atoms with Crippen LogP contribution in [0.5, 0.6) is 5.75 Å². The molecule has 0 bridgehead atoms. The molecule has 0 atom stereocenters. The molecular weight excluding hydrogens is 240 g/mol. The number of aryl methyl sites for hydroxylation is 1. The number of phenols is 1. The molecule has 0 saturated heterocycles. The fraction of sp³-hybridized carbons (Fsp3) is 0.133. The summed E-state index contributed by atoms with van der Waals surface area (Å²) in [5.41, 5.74) is 8.70. The van der Waals surface area contributed by atoms with Gasteiger partial charge in [-0.15, -0.1) is 0 Å². The number of phenolic OH excluding ortho intramolecular Hbond substituents is 1. The Morgan fingerprint density at radius 1 is 1.26 bits per heavy atom. The van der Waals surface area contributed by atoms with Gasteiger partial charge in [0, 0.05) is 0 Å². The number of nitrogen functional groups attached to an aromatic ring is 1. The van der Waals surface area contributed by atoms with E-state index in [1.807, 2.05) is 19.1 Å². The highest BCUT2D eigenvalue weighted by molar-refractivity contribution is 5.96. The van der Waals surface area contributed by atoms with Gasteiger partial charge in [-0.1, -0.05) is 24.3 Å². The van der Waals surface area contributed by atoms with E-state index < -0.39 is 0 Å². The van der Waals surface area contributed by atoms with Crippen molar-refractivity contribution in [1.82, 2.24) is 0 Å². The fourth-order valence-electron chi connectivity index (χ4n) is 1.90. The number of benzene rings is 2. The van der Waals surface area contributed by atoms with Crippen molar-refractivity contribution in [3.8, 4) is 5.75 Å². The van der Waals surface area contributed by atoms with Gasteiger partial charge < -0.3 is 16.2 Å². The van der Waals surface area contributed by atoms with Gasteiger partial charge in [-0.3, -0.25) is 4.79 Å². The molecule has 4 nitrogen and oxygen atoms in total. The molecule has 0 unspecified atom stereocenters. The molecule has 0 spiro atoms. The van der Waals surface area contributed by atoms with Crippen LogP contribution in [0.25, 0.3) is 0 Å². The smallest absolute Gasteiger partial charge is 0.228 e. The molecule has 0 aliphatic carbocycles. The molecule has 4 heteroatoms. The van der Waals surface area contributed by atoms with E-state index in [0.29, 0.717) is 11.4 Å². The third-order valence-corrected chi connectivity index (χ3v) is 2.84. The summed E-state index contributed by atoms with van der Waals surface area (Å²) in [5, 5.41) is 12.2. The number of aromatic hydroxyl groups is 1. The van der Waals surface area contributed by atoms with Gasteiger partial charge in [-0.2, -0.15) is 0 Å². The first-order valence-corrected chi connectivity index (χ1v) is 5.99. The second-order valence-electron chi connectivity index (χ2n) is 4.43. The van der Waals surface area contributed by atoms with Gasteiger partial charge in [-0.05, 0) is 36.2 Å². The van der Waals surface area contributed by atoms with Crippen molar-refractivity contribution in [2.24, 2.45) is 0 Å². The van der Waals surface area contributed by atoms with Crippen LogP contribution in [-0.2, 0) is 11.2 Å². The van der Waals surface area contributed by atoms with E-state index in [1.54, 1.807) is 30.3 Å². The number of carbonyl (C=O) groups excluding carboxylic acids is 1. The van der Waals surface area contributed by atoms with Crippen molar-refractivity contribution in [2.75, 3.05) is 11.1 Å². The number of rotatable bonds is 3. The summed E-state index contributed by atoms with van der Waals surface area (Å²) in [6, 6.07) is 12.1. The van der Waals surface area contributed by atoms with E-state index in [9.17, 15) is 9.90 Å². The van der Waals surface area contributed by atoms with Gasteiger partial charge in [0.2, 0.25) is 5.91 Å². The molecule has 2 rings (SSSR count). The molecule has 2 aromatic carbocycles. The minimum absolute atomic E-state index is 0.153. The van der Waals surface area contributed by atoms with E-state index in [-0.39, 0.29) is 18.1 Å². The van der Waals surface area contributed by atoms with Gasteiger partial charge in [-0.25, -0.2) is 0 Å². The number of para-hydroxylation sites is 1. The van der Waals surface area contributed by atoms with E-state index >= 15 is 0 Å². The highest BCUT2D eigenvalue weighted by Gasteiger charge is 2.08. The Balaban J connectivity index is 2.10. The largest absolute Gasteiger partial charge is 0.508 e. The Labute approximate surface area is 111 Å². The van der Waals surface area contributed by atoms with Crippen LogP contribution in [-0.4, -0.2) is 11.0 Å². The average Bonchev–Trinajstić information content (AvgIpc) is 2.34. The first-order chi connectivity index (χ1) is 9.06. The molecule has 0 aliphatic heterocycles. The normalized spacial score (nSPS) is 10.2. The SMILES string of the molecule is Cc1cccc(N)c1NC(=O)Cc1cccc(O)c1. The topological polar surface area (TPSA) is 75.3 Å². The molecule has 98 valence electrons. The van der Waals surface area contributed by atoms with Crippen molar-refractivity contribution < 1.29 is 9.90 Å². The molecule has 0 aliphatic rings. The monoisotopic (exact) mass is 256 g/mol. The maximum Gasteiger partial charge on any atom is 0.228 e. The predicted molar refractivity (Wildman–Crippen MR) is 76.0 cm³/mol. The lowest BCUT2D eigenvalue weighted by Gasteiger charge is -2.11. The number of hydrogen-bond donors (Lipinski definition) is 3. The lowest BCUT2D eigenvalue weighted by Crippen LogP contribution is -2.16. The number of carbonyl (C=O) groups is 1. The third kappa shape index (κ3) is 3.25. The molecule has 0 aromatic heterocycles.